The zero-order valence-electron chi connectivity index (χ0n) is 13.6. The molecule has 1 aromatic heterocycles. The lowest BCUT2D eigenvalue weighted by Gasteiger charge is -2.30. The van der Waals surface area contributed by atoms with Gasteiger partial charge in [-0.25, -0.2) is 4.98 Å². The van der Waals surface area contributed by atoms with E-state index >= 15 is 0 Å². The monoisotopic (exact) mass is 341 g/mol. The number of anilines is 1. The van der Waals surface area contributed by atoms with Crippen molar-refractivity contribution < 1.29 is 9.59 Å². The molecule has 0 fully saturated rings. The van der Waals surface area contributed by atoms with Gasteiger partial charge in [0.15, 0.2) is 0 Å². The highest BCUT2D eigenvalue weighted by Gasteiger charge is 2.33. The summed E-state index contributed by atoms with van der Waals surface area (Å²) >= 11 is 1.36. The van der Waals surface area contributed by atoms with Gasteiger partial charge in [0.05, 0.1) is 17.0 Å². The van der Waals surface area contributed by atoms with Crippen molar-refractivity contribution in [1.29, 1.82) is 0 Å². The van der Waals surface area contributed by atoms with E-state index in [-0.39, 0.29) is 24.3 Å². The van der Waals surface area contributed by atoms with Gasteiger partial charge in [-0.1, -0.05) is 42.1 Å². The van der Waals surface area contributed by atoms with Crippen LogP contribution in [-0.4, -0.2) is 29.1 Å². The Hall–Kier alpha value is -2.34. The molecule has 0 unspecified atom stereocenters. The van der Waals surface area contributed by atoms with Gasteiger partial charge in [0.25, 0.3) is 0 Å². The summed E-state index contributed by atoms with van der Waals surface area (Å²) in [6, 6.07) is 13.3. The number of thioether (sulfide) groups is 1. The largest absolute Gasteiger partial charge is 0.350 e. The van der Waals surface area contributed by atoms with Crippen LogP contribution in [0.2, 0.25) is 0 Å². The van der Waals surface area contributed by atoms with Crippen LogP contribution in [-0.2, 0) is 9.59 Å². The molecular weight excluding hydrogens is 322 g/mol. The van der Waals surface area contributed by atoms with E-state index in [4.69, 9.17) is 0 Å². The molecule has 1 aliphatic heterocycles. The molecule has 2 atom stereocenters. The fourth-order valence-corrected chi connectivity index (χ4v) is 3.88. The number of hydrogen-bond donors (Lipinski definition) is 1. The molecule has 0 bridgehead atoms. The lowest BCUT2D eigenvalue weighted by Crippen LogP contribution is -2.41. The van der Waals surface area contributed by atoms with Gasteiger partial charge in [-0.3, -0.25) is 9.59 Å². The second kappa shape index (κ2) is 7.05. The van der Waals surface area contributed by atoms with Crippen LogP contribution < -0.4 is 10.2 Å². The molecule has 0 aliphatic carbocycles. The minimum atomic E-state index is -0.444. The lowest BCUT2D eigenvalue weighted by molar-refractivity contribution is -0.125. The first-order valence-electron chi connectivity index (χ1n) is 7.80. The molecule has 3 rings (SSSR count). The van der Waals surface area contributed by atoms with E-state index in [2.05, 4.69) is 10.3 Å². The third-order valence-corrected chi connectivity index (χ3v) is 5.21. The molecule has 1 N–H and O–H groups in total. The van der Waals surface area contributed by atoms with E-state index in [1.807, 2.05) is 43.3 Å². The van der Waals surface area contributed by atoms with Gasteiger partial charge in [-0.15, -0.1) is 0 Å². The second-order valence-electron chi connectivity index (χ2n) is 5.74. The van der Waals surface area contributed by atoms with Crippen molar-refractivity contribution in [2.45, 2.75) is 29.7 Å². The summed E-state index contributed by atoms with van der Waals surface area (Å²) in [7, 11) is 1.72. The predicted octanol–water partition coefficient (Wildman–Crippen LogP) is 2.79. The maximum atomic E-state index is 12.5. The van der Waals surface area contributed by atoms with Crippen molar-refractivity contribution in [2.24, 2.45) is 0 Å². The van der Waals surface area contributed by atoms with E-state index in [0.717, 1.165) is 16.3 Å². The van der Waals surface area contributed by atoms with Gasteiger partial charge in [0.1, 0.15) is 5.03 Å². The first-order valence-corrected chi connectivity index (χ1v) is 8.68. The molecule has 1 aromatic carbocycles. The van der Waals surface area contributed by atoms with Gasteiger partial charge in [0.2, 0.25) is 11.8 Å². The Morgan fingerprint density at radius 3 is 2.79 bits per heavy atom. The Morgan fingerprint density at radius 2 is 2.04 bits per heavy atom. The van der Waals surface area contributed by atoms with Crippen molar-refractivity contribution in [3.05, 3.63) is 54.2 Å². The first kappa shape index (κ1) is 16.5. The van der Waals surface area contributed by atoms with Gasteiger partial charge >= 0.3 is 0 Å². The number of rotatable bonds is 4. The molecule has 2 heterocycles. The number of pyridine rings is 1. The highest BCUT2D eigenvalue weighted by Crippen LogP contribution is 2.37. The van der Waals surface area contributed by atoms with E-state index in [0.29, 0.717) is 0 Å². The highest BCUT2D eigenvalue weighted by molar-refractivity contribution is 8.00. The predicted molar refractivity (Wildman–Crippen MR) is 94.9 cm³/mol. The van der Waals surface area contributed by atoms with E-state index in [1.165, 1.54) is 11.8 Å². The molecule has 5 nitrogen and oxygen atoms in total. The molecule has 0 radical (unpaired) electrons. The van der Waals surface area contributed by atoms with Crippen molar-refractivity contribution >= 4 is 29.3 Å². The van der Waals surface area contributed by atoms with Crippen molar-refractivity contribution in [1.82, 2.24) is 10.3 Å². The minimum absolute atomic E-state index is 0.0667. The Labute approximate surface area is 145 Å². The summed E-state index contributed by atoms with van der Waals surface area (Å²) in [5.41, 5.74) is 1.83. The first-order chi connectivity index (χ1) is 11.6. The maximum Gasteiger partial charge on any atom is 0.240 e. The number of benzene rings is 1. The van der Waals surface area contributed by atoms with E-state index in [1.54, 1.807) is 24.2 Å². The molecule has 2 aromatic rings. The van der Waals surface area contributed by atoms with Crippen LogP contribution in [0.4, 0.5) is 5.69 Å². The average molecular weight is 341 g/mol. The third-order valence-electron chi connectivity index (χ3n) is 4.02. The highest BCUT2D eigenvalue weighted by atomic mass is 32.2. The van der Waals surface area contributed by atoms with Crippen LogP contribution in [0.25, 0.3) is 0 Å². The van der Waals surface area contributed by atoms with Gasteiger partial charge in [-0.05, 0) is 24.6 Å². The summed E-state index contributed by atoms with van der Waals surface area (Å²) < 4.78 is 0. The maximum absolute atomic E-state index is 12.5. The van der Waals surface area contributed by atoms with Gasteiger partial charge in [-0.2, -0.15) is 0 Å². The SMILES string of the molecule is C[C@@H](NC(=O)C[C@H]1Sc2ncccc2N(C)C1=O)c1ccccc1. The summed E-state index contributed by atoms with van der Waals surface area (Å²) in [5, 5.41) is 3.30. The van der Waals surface area contributed by atoms with Crippen molar-refractivity contribution in [3.63, 3.8) is 0 Å². The standard InChI is InChI=1S/C18H19N3O2S/c1-12(13-7-4-3-5-8-13)20-16(22)11-15-18(23)21(2)14-9-6-10-19-17(14)24-15/h3-10,12,15H,11H2,1-2H3,(H,20,22)/t12-,15-/m1/s1. The third kappa shape index (κ3) is 3.43. The molecule has 0 spiro atoms. The van der Waals surface area contributed by atoms with Crippen LogP contribution in [0.5, 0.6) is 0 Å². The molecule has 2 amide bonds. The Balaban J connectivity index is 1.66. The van der Waals surface area contributed by atoms with Gasteiger partial charge < -0.3 is 10.2 Å². The Morgan fingerprint density at radius 1 is 1.29 bits per heavy atom. The van der Waals surface area contributed by atoms with Crippen LogP contribution >= 0.6 is 11.8 Å². The number of nitrogens with zero attached hydrogens (tertiary/aromatic N) is 2. The number of hydrogen-bond acceptors (Lipinski definition) is 4. The van der Waals surface area contributed by atoms with Crippen molar-refractivity contribution in [3.8, 4) is 0 Å². The summed E-state index contributed by atoms with van der Waals surface area (Å²) in [6.45, 7) is 1.94. The summed E-state index contributed by atoms with van der Waals surface area (Å²) in [4.78, 5) is 30.7. The smallest absolute Gasteiger partial charge is 0.240 e. The second-order valence-corrected chi connectivity index (χ2v) is 6.93. The molecule has 0 saturated heterocycles. The normalized spacial score (nSPS) is 18.0. The summed E-state index contributed by atoms with van der Waals surface area (Å²) in [5.74, 6) is -0.201. The number of carbonyl (C=O) groups is 2. The average Bonchev–Trinajstić information content (AvgIpc) is 2.60. The zero-order chi connectivity index (χ0) is 17.1. The minimum Gasteiger partial charge on any atom is -0.350 e. The van der Waals surface area contributed by atoms with Gasteiger partial charge in [0, 0.05) is 19.7 Å². The molecule has 24 heavy (non-hydrogen) atoms. The zero-order valence-corrected chi connectivity index (χ0v) is 14.4. The fraction of sp³-hybridized carbons (Fsp3) is 0.278. The molecule has 124 valence electrons. The topological polar surface area (TPSA) is 62.3 Å². The van der Waals surface area contributed by atoms with Crippen molar-refractivity contribution in [2.75, 3.05) is 11.9 Å². The molecule has 6 heteroatoms. The van der Waals surface area contributed by atoms with E-state index in [9.17, 15) is 9.59 Å². The lowest BCUT2D eigenvalue weighted by atomic mass is 10.1. The number of aromatic nitrogens is 1. The van der Waals surface area contributed by atoms with E-state index < -0.39 is 5.25 Å². The van der Waals surface area contributed by atoms with Crippen LogP contribution in [0.15, 0.2) is 53.7 Å². The Bertz CT molecular complexity index is 751. The number of carbonyl (C=O) groups excluding carboxylic acids is 2. The molecule has 0 saturated carbocycles. The van der Waals surface area contributed by atoms with Crippen LogP contribution in [0.1, 0.15) is 24.9 Å². The molecule has 1 aliphatic rings. The number of fused-ring (bicyclic) bond motifs is 1. The fourth-order valence-electron chi connectivity index (χ4n) is 2.67. The molecular formula is C18H19N3O2S. The van der Waals surface area contributed by atoms with Crippen LogP contribution in [0, 0.1) is 0 Å². The summed E-state index contributed by atoms with van der Waals surface area (Å²) in [6.07, 6.45) is 1.84. The quantitative estimate of drug-likeness (QED) is 0.929. The Kier molecular flexibility index (Phi) is 4.85. The van der Waals surface area contributed by atoms with Crippen LogP contribution in [0.3, 0.4) is 0 Å². The number of nitrogens with one attached hydrogen (secondary N) is 1. The number of amides is 2.